The molecule has 0 heterocycles. The van der Waals surface area contributed by atoms with Gasteiger partial charge in [-0.05, 0) is 50.0 Å². The van der Waals surface area contributed by atoms with Crippen LogP contribution in [0.4, 0.5) is 18.9 Å². The van der Waals surface area contributed by atoms with Gasteiger partial charge in [0.1, 0.15) is 0 Å². The summed E-state index contributed by atoms with van der Waals surface area (Å²) in [6.45, 7) is 0. The molecule has 1 saturated carbocycles. The van der Waals surface area contributed by atoms with E-state index in [-0.39, 0.29) is 10.8 Å². The molecule has 2 rings (SSSR count). The van der Waals surface area contributed by atoms with Crippen LogP contribution in [0.1, 0.15) is 37.7 Å². The number of benzene rings is 1. The normalized spacial score (nSPS) is 15.5. The van der Waals surface area contributed by atoms with Crippen LogP contribution in [0.5, 0.6) is 0 Å². The van der Waals surface area contributed by atoms with Gasteiger partial charge < -0.3 is 5.32 Å². The number of rotatable bonds is 2. The summed E-state index contributed by atoms with van der Waals surface area (Å²) < 4.78 is 38.5. The summed E-state index contributed by atoms with van der Waals surface area (Å²) >= 11 is 4.99. The molecule has 1 aromatic rings. The molecule has 0 bridgehead atoms. The topological polar surface area (TPSA) is 36.4 Å². The Bertz CT molecular complexity index is 533. The molecule has 0 amide bonds. The maximum absolute atomic E-state index is 12.8. The smallest absolute Gasteiger partial charge is 0.331 e. The third kappa shape index (κ3) is 4.70. The second-order valence-corrected chi connectivity index (χ2v) is 5.26. The third-order valence-electron chi connectivity index (χ3n) is 3.23. The van der Waals surface area contributed by atoms with Gasteiger partial charge in [-0.3, -0.25) is 5.43 Å². The summed E-state index contributed by atoms with van der Waals surface area (Å²) in [5, 5.41) is 6.76. The molecule has 1 aliphatic carbocycles. The Morgan fingerprint density at radius 3 is 2.43 bits per heavy atom. The summed E-state index contributed by atoms with van der Waals surface area (Å²) in [6.07, 6.45) is 0.786. The SMILES string of the molecule is FC(F)(F)c1ccccc1NC(=S)NN=C1CCCCC1. The first-order chi connectivity index (χ1) is 9.97. The van der Waals surface area contributed by atoms with Gasteiger partial charge in [-0.1, -0.05) is 18.6 Å². The fourth-order valence-corrected chi connectivity index (χ4v) is 2.35. The molecular weight excluding hydrogens is 299 g/mol. The van der Waals surface area contributed by atoms with Crippen molar-refractivity contribution in [3.05, 3.63) is 29.8 Å². The Morgan fingerprint density at radius 1 is 1.10 bits per heavy atom. The molecule has 1 aromatic carbocycles. The average Bonchev–Trinajstić information content (AvgIpc) is 2.46. The highest BCUT2D eigenvalue weighted by atomic mass is 32.1. The maximum Gasteiger partial charge on any atom is 0.418 e. The van der Waals surface area contributed by atoms with Crippen molar-refractivity contribution >= 4 is 28.7 Å². The van der Waals surface area contributed by atoms with Crippen molar-refractivity contribution in [2.75, 3.05) is 5.32 Å². The van der Waals surface area contributed by atoms with E-state index in [1.807, 2.05) is 0 Å². The van der Waals surface area contributed by atoms with Crippen molar-refractivity contribution < 1.29 is 13.2 Å². The molecule has 0 aliphatic heterocycles. The number of thiocarbonyl (C=S) groups is 1. The fourth-order valence-electron chi connectivity index (χ4n) is 2.19. The minimum Gasteiger partial charge on any atom is -0.331 e. The lowest BCUT2D eigenvalue weighted by Crippen LogP contribution is -2.27. The third-order valence-corrected chi connectivity index (χ3v) is 3.42. The predicted octanol–water partition coefficient (Wildman–Crippen LogP) is 4.31. The van der Waals surface area contributed by atoms with E-state index in [1.54, 1.807) is 0 Å². The number of hydrogen-bond acceptors (Lipinski definition) is 2. The van der Waals surface area contributed by atoms with Crippen LogP contribution in [-0.2, 0) is 6.18 Å². The van der Waals surface area contributed by atoms with Gasteiger partial charge in [0.25, 0.3) is 0 Å². The Labute approximate surface area is 126 Å². The van der Waals surface area contributed by atoms with Crippen molar-refractivity contribution in [3.63, 3.8) is 0 Å². The molecule has 0 unspecified atom stereocenters. The Balaban J connectivity index is 2.00. The van der Waals surface area contributed by atoms with E-state index in [0.29, 0.717) is 0 Å². The average molecular weight is 315 g/mol. The van der Waals surface area contributed by atoms with Crippen molar-refractivity contribution in [2.24, 2.45) is 5.10 Å². The van der Waals surface area contributed by atoms with Crippen LogP contribution in [0.25, 0.3) is 0 Å². The molecule has 2 N–H and O–H groups in total. The molecule has 1 fully saturated rings. The summed E-state index contributed by atoms with van der Waals surface area (Å²) in [6, 6.07) is 5.21. The molecule has 3 nitrogen and oxygen atoms in total. The van der Waals surface area contributed by atoms with Crippen LogP contribution < -0.4 is 10.7 Å². The zero-order valence-corrected chi connectivity index (χ0v) is 12.2. The zero-order valence-electron chi connectivity index (χ0n) is 11.3. The summed E-state index contributed by atoms with van der Waals surface area (Å²) in [7, 11) is 0. The molecule has 114 valence electrons. The highest BCUT2D eigenvalue weighted by Crippen LogP contribution is 2.34. The minimum absolute atomic E-state index is 0.0600. The highest BCUT2D eigenvalue weighted by Gasteiger charge is 2.33. The number of anilines is 1. The van der Waals surface area contributed by atoms with Gasteiger partial charge in [0.05, 0.1) is 11.3 Å². The van der Waals surface area contributed by atoms with E-state index in [2.05, 4.69) is 15.8 Å². The van der Waals surface area contributed by atoms with Gasteiger partial charge in [0.15, 0.2) is 5.11 Å². The largest absolute Gasteiger partial charge is 0.418 e. The Hall–Kier alpha value is -1.63. The van der Waals surface area contributed by atoms with Crippen LogP contribution in [-0.4, -0.2) is 10.8 Å². The molecule has 0 aromatic heterocycles. The lowest BCUT2D eigenvalue weighted by molar-refractivity contribution is -0.136. The van der Waals surface area contributed by atoms with Gasteiger partial charge in [-0.25, -0.2) is 0 Å². The Kier molecular flexibility index (Phi) is 5.17. The van der Waals surface area contributed by atoms with E-state index in [4.69, 9.17) is 12.2 Å². The summed E-state index contributed by atoms with van der Waals surface area (Å²) in [5.74, 6) is 0. The van der Waals surface area contributed by atoms with Gasteiger partial charge >= 0.3 is 6.18 Å². The molecule has 0 atom stereocenters. The first-order valence-electron chi connectivity index (χ1n) is 6.75. The predicted molar refractivity (Wildman–Crippen MR) is 81.3 cm³/mol. The highest BCUT2D eigenvalue weighted by molar-refractivity contribution is 7.80. The molecular formula is C14H16F3N3S. The lowest BCUT2D eigenvalue weighted by atomic mass is 9.99. The van der Waals surface area contributed by atoms with Gasteiger partial charge in [-0.15, -0.1) is 0 Å². The fraction of sp³-hybridized carbons (Fsp3) is 0.429. The zero-order chi connectivity index (χ0) is 15.3. The minimum atomic E-state index is -4.42. The van der Waals surface area contributed by atoms with Crippen LogP contribution in [0.2, 0.25) is 0 Å². The first-order valence-corrected chi connectivity index (χ1v) is 7.16. The number of alkyl halides is 3. The quantitative estimate of drug-likeness (QED) is 0.630. The van der Waals surface area contributed by atoms with Crippen molar-refractivity contribution in [3.8, 4) is 0 Å². The van der Waals surface area contributed by atoms with Crippen molar-refractivity contribution in [1.29, 1.82) is 0 Å². The summed E-state index contributed by atoms with van der Waals surface area (Å²) in [5.41, 5.74) is 2.80. The van der Waals surface area contributed by atoms with Crippen LogP contribution >= 0.6 is 12.2 Å². The van der Waals surface area contributed by atoms with Crippen molar-refractivity contribution in [1.82, 2.24) is 5.43 Å². The second-order valence-electron chi connectivity index (χ2n) is 4.85. The van der Waals surface area contributed by atoms with Crippen molar-refractivity contribution in [2.45, 2.75) is 38.3 Å². The number of halogens is 3. The van der Waals surface area contributed by atoms with Crippen LogP contribution in [0.15, 0.2) is 29.4 Å². The van der Waals surface area contributed by atoms with Crippen LogP contribution in [0, 0.1) is 0 Å². The molecule has 0 radical (unpaired) electrons. The number of hydrogen-bond donors (Lipinski definition) is 2. The summed E-state index contributed by atoms with van der Waals surface area (Å²) in [4.78, 5) is 0. The molecule has 1 aliphatic rings. The van der Waals surface area contributed by atoms with E-state index < -0.39 is 11.7 Å². The number of para-hydroxylation sites is 1. The lowest BCUT2D eigenvalue weighted by Gasteiger charge is -2.16. The number of nitrogens with one attached hydrogen (secondary N) is 2. The molecule has 7 heteroatoms. The maximum atomic E-state index is 12.8. The van der Waals surface area contributed by atoms with Gasteiger partial charge in [0, 0.05) is 5.71 Å². The van der Waals surface area contributed by atoms with E-state index >= 15 is 0 Å². The Morgan fingerprint density at radius 2 is 1.76 bits per heavy atom. The number of hydrazone groups is 1. The van der Waals surface area contributed by atoms with Crippen LogP contribution in [0.3, 0.4) is 0 Å². The van der Waals surface area contributed by atoms with E-state index in [0.717, 1.165) is 37.5 Å². The molecule has 0 saturated heterocycles. The first kappa shape index (κ1) is 15.8. The van der Waals surface area contributed by atoms with Gasteiger partial charge in [-0.2, -0.15) is 18.3 Å². The monoisotopic (exact) mass is 315 g/mol. The second kappa shape index (κ2) is 6.89. The standard InChI is InChI=1S/C14H16F3N3S/c15-14(16,17)11-8-4-5-9-12(11)18-13(21)20-19-10-6-2-1-3-7-10/h4-5,8-9H,1-3,6-7H2,(H2,18,20,21). The van der Waals surface area contributed by atoms with Gasteiger partial charge in [0.2, 0.25) is 0 Å². The molecule has 0 spiro atoms. The number of nitrogens with zero attached hydrogens (tertiary/aromatic N) is 1. The van der Waals surface area contributed by atoms with E-state index in [1.165, 1.54) is 24.6 Å². The molecule has 21 heavy (non-hydrogen) atoms. The van der Waals surface area contributed by atoms with E-state index in [9.17, 15) is 13.2 Å².